The Kier molecular flexibility index (Phi) is 6.29. The van der Waals surface area contributed by atoms with E-state index in [-0.39, 0.29) is 11.5 Å². The molecule has 0 saturated carbocycles. The van der Waals surface area contributed by atoms with Crippen molar-refractivity contribution in [1.82, 2.24) is 0 Å². The summed E-state index contributed by atoms with van der Waals surface area (Å²) in [7, 11) is -0.0601. The van der Waals surface area contributed by atoms with Crippen LogP contribution in [0.5, 0.6) is 11.5 Å². The Balaban J connectivity index is 2.89. The molecule has 0 aromatic heterocycles. The first-order valence-corrected chi connectivity index (χ1v) is 8.43. The molecule has 0 bridgehead atoms. The van der Waals surface area contributed by atoms with E-state index in [0.717, 1.165) is 6.42 Å². The highest BCUT2D eigenvalue weighted by Gasteiger charge is 2.20. The van der Waals surface area contributed by atoms with Gasteiger partial charge in [0.05, 0.1) is 25.7 Å². The fourth-order valence-electron chi connectivity index (χ4n) is 1.94. The van der Waals surface area contributed by atoms with E-state index in [9.17, 15) is 8.42 Å². The molecule has 0 heterocycles. The second-order valence-electron chi connectivity index (χ2n) is 4.68. The second-order valence-corrected chi connectivity index (χ2v) is 6.91. The van der Waals surface area contributed by atoms with Crippen molar-refractivity contribution in [2.75, 3.05) is 25.7 Å². The molecule has 1 unspecified atom stereocenters. The van der Waals surface area contributed by atoms with Gasteiger partial charge in [-0.25, -0.2) is 8.42 Å². The molecule has 0 spiro atoms. The number of benzene rings is 1. The highest BCUT2D eigenvalue weighted by molar-refractivity contribution is 7.91. The molecule has 0 aliphatic rings. The molecule has 0 aliphatic carbocycles. The van der Waals surface area contributed by atoms with Gasteiger partial charge in [0.25, 0.3) is 0 Å². The Morgan fingerprint density at radius 2 is 1.95 bits per heavy atom. The maximum atomic E-state index is 12.0. The van der Waals surface area contributed by atoms with Gasteiger partial charge in [-0.15, -0.1) is 0 Å². The average Bonchev–Trinajstić information content (AvgIpc) is 2.43. The molecule has 0 amide bonds. The van der Waals surface area contributed by atoms with Crippen LogP contribution >= 0.6 is 0 Å². The van der Waals surface area contributed by atoms with Gasteiger partial charge in [0, 0.05) is 17.7 Å². The lowest BCUT2D eigenvalue weighted by molar-refractivity contribution is 0.389. The summed E-state index contributed by atoms with van der Waals surface area (Å²) in [5.41, 5.74) is 6.70. The molecule has 0 fully saturated rings. The standard InChI is InChI=1S/C14H23NO4S/c1-4-5-8-20(16,17)10-13(15)12-7-6-11(18-2)9-14(12)19-3/h6-7,9,13H,4-5,8,10,15H2,1-3H3. The van der Waals surface area contributed by atoms with Gasteiger partial charge in [0.1, 0.15) is 11.5 Å². The Hall–Kier alpha value is -1.27. The van der Waals surface area contributed by atoms with Crippen molar-refractivity contribution in [2.24, 2.45) is 5.73 Å². The summed E-state index contributed by atoms with van der Waals surface area (Å²) >= 11 is 0. The van der Waals surface area contributed by atoms with Gasteiger partial charge in [-0.3, -0.25) is 0 Å². The molecule has 1 aromatic carbocycles. The summed E-state index contributed by atoms with van der Waals surface area (Å²) in [5, 5.41) is 0. The minimum atomic E-state index is -3.14. The molecule has 0 radical (unpaired) electrons. The van der Waals surface area contributed by atoms with Crippen LogP contribution in [-0.2, 0) is 9.84 Å². The van der Waals surface area contributed by atoms with Crippen LogP contribution in [0.3, 0.4) is 0 Å². The van der Waals surface area contributed by atoms with Crippen LogP contribution in [0.25, 0.3) is 0 Å². The summed E-state index contributed by atoms with van der Waals surface area (Å²) in [5.74, 6) is 1.29. The van der Waals surface area contributed by atoms with E-state index < -0.39 is 15.9 Å². The van der Waals surface area contributed by atoms with Crippen molar-refractivity contribution >= 4 is 9.84 Å². The van der Waals surface area contributed by atoms with Gasteiger partial charge in [-0.2, -0.15) is 0 Å². The predicted molar refractivity (Wildman–Crippen MR) is 80.0 cm³/mol. The predicted octanol–water partition coefficient (Wildman–Crippen LogP) is 1.92. The first-order chi connectivity index (χ1) is 9.43. The lowest BCUT2D eigenvalue weighted by Gasteiger charge is -2.16. The molecular formula is C14H23NO4S. The normalized spacial score (nSPS) is 13.0. The van der Waals surface area contributed by atoms with Gasteiger partial charge in [0.2, 0.25) is 0 Å². The van der Waals surface area contributed by atoms with Crippen molar-refractivity contribution in [3.8, 4) is 11.5 Å². The Bertz CT molecular complexity index is 528. The molecule has 2 N–H and O–H groups in total. The Morgan fingerprint density at radius 1 is 1.25 bits per heavy atom. The van der Waals surface area contributed by atoms with Crippen molar-refractivity contribution in [3.63, 3.8) is 0 Å². The van der Waals surface area contributed by atoms with Gasteiger partial charge in [0.15, 0.2) is 9.84 Å². The SMILES string of the molecule is CCCCS(=O)(=O)CC(N)c1ccc(OC)cc1OC. The summed E-state index contributed by atoms with van der Waals surface area (Å²) < 4.78 is 34.3. The van der Waals surface area contributed by atoms with Crippen LogP contribution in [-0.4, -0.2) is 34.1 Å². The maximum Gasteiger partial charge on any atom is 0.152 e. The van der Waals surface area contributed by atoms with E-state index in [1.165, 1.54) is 7.11 Å². The zero-order valence-corrected chi connectivity index (χ0v) is 13.1. The van der Waals surface area contributed by atoms with Crippen LogP contribution in [0.4, 0.5) is 0 Å². The third kappa shape index (κ3) is 4.68. The number of hydrogen-bond acceptors (Lipinski definition) is 5. The summed E-state index contributed by atoms with van der Waals surface area (Å²) in [6.07, 6.45) is 1.51. The third-order valence-electron chi connectivity index (χ3n) is 3.08. The van der Waals surface area contributed by atoms with Crippen LogP contribution in [0.2, 0.25) is 0 Å². The van der Waals surface area contributed by atoms with Crippen molar-refractivity contribution in [3.05, 3.63) is 23.8 Å². The van der Waals surface area contributed by atoms with Crippen molar-refractivity contribution in [1.29, 1.82) is 0 Å². The number of unbranched alkanes of at least 4 members (excludes halogenated alkanes) is 1. The minimum absolute atomic E-state index is 0.0737. The van der Waals surface area contributed by atoms with E-state index in [1.54, 1.807) is 25.3 Å². The molecule has 0 saturated heterocycles. The maximum absolute atomic E-state index is 12.0. The minimum Gasteiger partial charge on any atom is -0.497 e. The highest BCUT2D eigenvalue weighted by atomic mass is 32.2. The monoisotopic (exact) mass is 301 g/mol. The average molecular weight is 301 g/mol. The fraction of sp³-hybridized carbons (Fsp3) is 0.571. The molecule has 6 heteroatoms. The number of hydrogen-bond donors (Lipinski definition) is 1. The summed E-state index contributed by atoms with van der Waals surface area (Å²) in [6.45, 7) is 1.96. The molecule has 5 nitrogen and oxygen atoms in total. The third-order valence-corrected chi connectivity index (χ3v) is 4.86. The summed E-state index contributed by atoms with van der Waals surface area (Å²) in [4.78, 5) is 0. The van der Waals surface area contributed by atoms with Crippen LogP contribution in [0.1, 0.15) is 31.4 Å². The second kappa shape index (κ2) is 7.50. The fourth-order valence-corrected chi connectivity index (χ4v) is 3.56. The molecule has 1 aromatic rings. The Morgan fingerprint density at radius 3 is 2.50 bits per heavy atom. The van der Waals surface area contributed by atoms with Gasteiger partial charge in [-0.1, -0.05) is 19.4 Å². The number of sulfone groups is 1. The zero-order valence-electron chi connectivity index (χ0n) is 12.3. The Labute approximate surface area is 121 Å². The quantitative estimate of drug-likeness (QED) is 0.793. The topological polar surface area (TPSA) is 78.6 Å². The lowest BCUT2D eigenvalue weighted by atomic mass is 10.1. The molecule has 20 heavy (non-hydrogen) atoms. The van der Waals surface area contributed by atoms with E-state index >= 15 is 0 Å². The number of methoxy groups -OCH3 is 2. The van der Waals surface area contributed by atoms with Gasteiger partial charge < -0.3 is 15.2 Å². The summed E-state index contributed by atoms with van der Waals surface area (Å²) in [6, 6.07) is 4.60. The van der Waals surface area contributed by atoms with E-state index in [1.807, 2.05) is 6.92 Å². The number of rotatable bonds is 8. The molecule has 1 rings (SSSR count). The highest BCUT2D eigenvalue weighted by Crippen LogP contribution is 2.29. The van der Waals surface area contributed by atoms with Crippen molar-refractivity contribution < 1.29 is 17.9 Å². The zero-order chi connectivity index (χ0) is 15.2. The molecule has 114 valence electrons. The lowest BCUT2D eigenvalue weighted by Crippen LogP contribution is -2.24. The number of ether oxygens (including phenoxy) is 2. The van der Waals surface area contributed by atoms with Gasteiger partial charge >= 0.3 is 0 Å². The number of nitrogens with two attached hydrogens (primary N) is 1. The van der Waals surface area contributed by atoms with E-state index in [4.69, 9.17) is 15.2 Å². The van der Waals surface area contributed by atoms with Gasteiger partial charge in [-0.05, 0) is 12.5 Å². The van der Waals surface area contributed by atoms with Crippen molar-refractivity contribution in [2.45, 2.75) is 25.8 Å². The first kappa shape index (κ1) is 16.8. The van der Waals surface area contributed by atoms with Crippen LogP contribution < -0.4 is 15.2 Å². The van der Waals surface area contributed by atoms with E-state index in [0.29, 0.717) is 23.5 Å². The van der Waals surface area contributed by atoms with Crippen LogP contribution in [0.15, 0.2) is 18.2 Å². The first-order valence-electron chi connectivity index (χ1n) is 6.61. The molecule has 0 aliphatic heterocycles. The van der Waals surface area contributed by atoms with Crippen LogP contribution in [0, 0.1) is 0 Å². The largest absolute Gasteiger partial charge is 0.497 e. The molecule has 1 atom stereocenters. The smallest absolute Gasteiger partial charge is 0.152 e. The molecular weight excluding hydrogens is 278 g/mol. The van der Waals surface area contributed by atoms with E-state index in [2.05, 4.69) is 0 Å².